The van der Waals surface area contributed by atoms with Crippen LogP contribution in [0.4, 0.5) is 5.69 Å². The zero-order valence-corrected chi connectivity index (χ0v) is 23.5. The number of nitrogens with zero attached hydrogens (tertiary/aromatic N) is 1. The average molecular weight is 562 g/mol. The van der Waals surface area contributed by atoms with E-state index in [4.69, 9.17) is 16.3 Å². The first-order valence-corrected chi connectivity index (χ1v) is 14.9. The Morgan fingerprint density at radius 2 is 1.85 bits per heavy atom. The monoisotopic (exact) mass is 561 g/mol. The second kappa shape index (κ2) is 11.0. The van der Waals surface area contributed by atoms with Gasteiger partial charge in [-0.05, 0) is 56.4 Å². The number of anilines is 1. The molecule has 1 spiro atoms. The van der Waals surface area contributed by atoms with Gasteiger partial charge in [0.1, 0.15) is 11.6 Å². The second-order valence-electron chi connectivity index (χ2n) is 11.7. The molecular weight excluding hydrogens is 526 g/mol. The molecule has 7 nitrogen and oxygen atoms in total. The van der Waals surface area contributed by atoms with Gasteiger partial charge < -0.3 is 20.3 Å². The molecular formula is C32H36ClN3O4. The minimum Gasteiger partial charge on any atom is -0.359 e. The van der Waals surface area contributed by atoms with Crippen LogP contribution < -0.4 is 10.6 Å². The van der Waals surface area contributed by atoms with Crippen molar-refractivity contribution in [2.24, 2.45) is 11.8 Å². The Morgan fingerprint density at radius 1 is 1.07 bits per heavy atom. The highest BCUT2D eigenvalue weighted by Crippen LogP contribution is 2.56. The number of hydrogen-bond donors (Lipinski definition) is 2. The Hall–Kier alpha value is -3.16. The van der Waals surface area contributed by atoms with Gasteiger partial charge >= 0.3 is 0 Å². The number of rotatable bonds is 8. The van der Waals surface area contributed by atoms with Crippen molar-refractivity contribution in [1.29, 1.82) is 0 Å². The van der Waals surface area contributed by atoms with Crippen molar-refractivity contribution in [3.63, 3.8) is 0 Å². The van der Waals surface area contributed by atoms with Gasteiger partial charge in [-0.1, -0.05) is 79.4 Å². The fourth-order valence-corrected chi connectivity index (χ4v) is 7.35. The summed E-state index contributed by atoms with van der Waals surface area (Å²) in [7, 11) is 0. The van der Waals surface area contributed by atoms with E-state index < -0.39 is 29.6 Å². The van der Waals surface area contributed by atoms with E-state index in [9.17, 15) is 14.4 Å². The number of amides is 3. The van der Waals surface area contributed by atoms with Crippen molar-refractivity contribution >= 4 is 35.0 Å². The molecule has 0 radical (unpaired) electrons. The number of ether oxygens (including phenoxy) is 1. The maximum Gasteiger partial charge on any atom is 0.246 e. The Bertz CT molecular complexity index is 1310. The largest absolute Gasteiger partial charge is 0.359 e. The topological polar surface area (TPSA) is 87.7 Å². The summed E-state index contributed by atoms with van der Waals surface area (Å²) in [5.74, 6) is -2.20. The lowest BCUT2D eigenvalue weighted by Gasteiger charge is -2.36. The molecule has 4 aliphatic rings. The van der Waals surface area contributed by atoms with Crippen molar-refractivity contribution in [2.75, 3.05) is 5.32 Å². The van der Waals surface area contributed by atoms with Gasteiger partial charge in [0, 0.05) is 22.8 Å². The molecule has 3 fully saturated rings. The highest BCUT2D eigenvalue weighted by atomic mass is 35.5. The van der Waals surface area contributed by atoms with Crippen LogP contribution in [0.5, 0.6) is 0 Å². The van der Waals surface area contributed by atoms with Crippen LogP contribution in [0.3, 0.4) is 0 Å². The number of likely N-dealkylation sites (tertiary alicyclic amines) is 1. The van der Waals surface area contributed by atoms with Crippen LogP contribution in [0.2, 0.25) is 5.02 Å². The molecule has 3 heterocycles. The Labute approximate surface area is 240 Å². The second-order valence-corrected chi connectivity index (χ2v) is 12.1. The van der Waals surface area contributed by atoms with E-state index in [1.54, 1.807) is 29.2 Å². The number of carbonyl (C=O) groups excluding carboxylic acids is 3. The number of halogens is 1. The van der Waals surface area contributed by atoms with Crippen LogP contribution in [-0.4, -0.2) is 52.5 Å². The molecule has 8 heteroatoms. The fraction of sp³-hybridized carbons (Fsp3) is 0.469. The quantitative estimate of drug-likeness (QED) is 0.449. The number of hydrogen-bond acceptors (Lipinski definition) is 4. The molecule has 40 heavy (non-hydrogen) atoms. The van der Waals surface area contributed by atoms with Gasteiger partial charge in [-0.15, -0.1) is 0 Å². The first-order valence-electron chi connectivity index (χ1n) is 14.5. The summed E-state index contributed by atoms with van der Waals surface area (Å²) in [6.07, 6.45) is 9.86. The predicted molar refractivity (Wildman–Crippen MR) is 154 cm³/mol. The van der Waals surface area contributed by atoms with Crippen LogP contribution in [0.25, 0.3) is 0 Å². The summed E-state index contributed by atoms with van der Waals surface area (Å²) >= 11 is 6.13. The van der Waals surface area contributed by atoms with Gasteiger partial charge in [0.25, 0.3) is 0 Å². The molecule has 2 N–H and O–H groups in total. The van der Waals surface area contributed by atoms with E-state index in [-0.39, 0.29) is 29.8 Å². The maximum atomic E-state index is 14.3. The molecule has 6 unspecified atom stereocenters. The molecule has 2 bridgehead atoms. The molecule has 3 aliphatic heterocycles. The van der Waals surface area contributed by atoms with Crippen LogP contribution >= 0.6 is 11.6 Å². The maximum absolute atomic E-state index is 14.3. The van der Waals surface area contributed by atoms with Gasteiger partial charge in [-0.3, -0.25) is 14.4 Å². The predicted octanol–water partition coefficient (Wildman–Crippen LogP) is 4.90. The van der Waals surface area contributed by atoms with E-state index >= 15 is 0 Å². The van der Waals surface area contributed by atoms with Crippen molar-refractivity contribution in [1.82, 2.24) is 10.2 Å². The molecule has 3 amide bonds. The fourth-order valence-electron chi connectivity index (χ4n) is 7.16. The van der Waals surface area contributed by atoms with Crippen molar-refractivity contribution in [3.8, 4) is 0 Å². The molecule has 1 saturated carbocycles. The Balaban J connectivity index is 1.29. The van der Waals surface area contributed by atoms with E-state index in [2.05, 4.69) is 22.8 Å². The number of benzene rings is 2. The summed E-state index contributed by atoms with van der Waals surface area (Å²) in [5.41, 5.74) is 0.569. The molecule has 2 aromatic rings. The van der Waals surface area contributed by atoms with Crippen molar-refractivity contribution < 1.29 is 19.1 Å². The van der Waals surface area contributed by atoms with Gasteiger partial charge in [0.15, 0.2) is 0 Å². The molecule has 1 aliphatic carbocycles. The first kappa shape index (κ1) is 27.0. The first-order chi connectivity index (χ1) is 19.4. The SMILES string of the molecule is CC(CCc1ccccc1)N1C(=O)C2C(C(=O)Nc3cccc(Cl)c3)C3C=CC2(O3)C1C(=O)NC1CCCCC1. The Morgan fingerprint density at radius 3 is 2.60 bits per heavy atom. The summed E-state index contributed by atoms with van der Waals surface area (Å²) < 4.78 is 6.49. The third kappa shape index (κ3) is 4.83. The summed E-state index contributed by atoms with van der Waals surface area (Å²) in [6.45, 7) is 2.00. The smallest absolute Gasteiger partial charge is 0.246 e. The lowest BCUT2D eigenvalue weighted by atomic mass is 9.74. The van der Waals surface area contributed by atoms with Gasteiger partial charge in [0.05, 0.1) is 17.9 Å². The van der Waals surface area contributed by atoms with Crippen LogP contribution in [0.15, 0.2) is 66.7 Å². The molecule has 6 atom stereocenters. The number of nitrogens with one attached hydrogen (secondary N) is 2. The van der Waals surface area contributed by atoms with Crippen molar-refractivity contribution in [3.05, 3.63) is 77.3 Å². The molecule has 2 aromatic carbocycles. The third-order valence-corrected chi connectivity index (χ3v) is 9.31. The van der Waals surface area contributed by atoms with Crippen LogP contribution in [-0.2, 0) is 25.5 Å². The molecule has 210 valence electrons. The average Bonchev–Trinajstić information content (AvgIpc) is 3.60. The molecule has 2 saturated heterocycles. The highest BCUT2D eigenvalue weighted by Gasteiger charge is 2.73. The van der Waals surface area contributed by atoms with Gasteiger partial charge in [0.2, 0.25) is 17.7 Å². The zero-order valence-electron chi connectivity index (χ0n) is 22.7. The van der Waals surface area contributed by atoms with Gasteiger partial charge in [-0.25, -0.2) is 0 Å². The Kier molecular flexibility index (Phi) is 7.44. The van der Waals surface area contributed by atoms with E-state index in [0.29, 0.717) is 17.1 Å². The van der Waals surface area contributed by atoms with E-state index in [1.165, 1.54) is 12.0 Å². The number of aryl methyl sites for hydroxylation is 1. The van der Waals surface area contributed by atoms with Gasteiger partial charge in [-0.2, -0.15) is 0 Å². The highest BCUT2D eigenvalue weighted by molar-refractivity contribution is 6.30. The number of carbonyl (C=O) groups is 3. The molecule has 0 aromatic heterocycles. The minimum atomic E-state index is -1.17. The van der Waals surface area contributed by atoms with E-state index in [1.807, 2.05) is 37.3 Å². The summed E-state index contributed by atoms with van der Waals surface area (Å²) in [6, 6.07) is 16.1. The van der Waals surface area contributed by atoms with E-state index in [0.717, 1.165) is 32.1 Å². The zero-order chi connectivity index (χ0) is 27.9. The minimum absolute atomic E-state index is 0.0952. The normalized spacial score (nSPS) is 29.9. The number of fused-ring (bicyclic) bond motifs is 1. The lowest BCUT2D eigenvalue weighted by molar-refractivity contribution is -0.143. The van der Waals surface area contributed by atoms with Crippen molar-refractivity contribution in [2.45, 2.75) is 81.7 Å². The summed E-state index contributed by atoms with van der Waals surface area (Å²) in [4.78, 5) is 43.7. The summed E-state index contributed by atoms with van der Waals surface area (Å²) in [5, 5.41) is 6.70. The third-order valence-electron chi connectivity index (χ3n) is 9.08. The van der Waals surface area contributed by atoms with Crippen LogP contribution in [0.1, 0.15) is 51.0 Å². The lowest BCUT2D eigenvalue weighted by Crippen LogP contribution is -2.58. The molecule has 6 rings (SSSR count). The standard InChI is InChI=1S/C32H36ClN3O4/c1-20(15-16-21-9-4-2-5-10-21)36-28(30(38)34-23-12-6-3-7-13-23)32-18-17-25(40-32)26(27(32)31(36)39)29(37)35-24-14-8-11-22(33)19-24/h2,4-5,8-11,14,17-20,23,25-28H,3,6-7,12-13,15-16H2,1H3,(H,34,38)(H,35,37). The van der Waals surface area contributed by atoms with Crippen LogP contribution in [0, 0.1) is 11.8 Å².